The highest BCUT2D eigenvalue weighted by Gasteiger charge is 2.15. The van der Waals surface area contributed by atoms with E-state index in [9.17, 15) is 0 Å². The van der Waals surface area contributed by atoms with Gasteiger partial charge in [0.1, 0.15) is 0 Å². The first-order chi connectivity index (χ1) is 11.6. The van der Waals surface area contributed by atoms with Gasteiger partial charge in [-0.2, -0.15) is 0 Å². The van der Waals surface area contributed by atoms with Crippen molar-refractivity contribution >= 4 is 45.9 Å². The summed E-state index contributed by atoms with van der Waals surface area (Å²) < 4.78 is 6.51. The molecule has 1 heterocycles. The fraction of sp³-hybridized carbons (Fsp3) is 0.611. The Labute approximate surface area is 177 Å². The number of rotatable bonds is 6. The molecular weight excluding hydrogens is 495 g/mol. The van der Waals surface area contributed by atoms with Crippen molar-refractivity contribution in [3.8, 4) is 0 Å². The summed E-state index contributed by atoms with van der Waals surface area (Å²) >= 11 is 3.61. The molecule has 0 bridgehead atoms. The lowest BCUT2D eigenvalue weighted by atomic mass is 10.1. The first-order valence-corrected chi connectivity index (χ1v) is 9.41. The van der Waals surface area contributed by atoms with Crippen LogP contribution in [0.25, 0.3) is 0 Å². The smallest absolute Gasteiger partial charge is 0.191 e. The van der Waals surface area contributed by atoms with Gasteiger partial charge >= 0.3 is 0 Å². The van der Waals surface area contributed by atoms with E-state index in [-0.39, 0.29) is 30.0 Å². The molecule has 5 nitrogen and oxygen atoms in total. The van der Waals surface area contributed by atoms with Crippen molar-refractivity contribution < 1.29 is 4.74 Å². The minimum absolute atomic E-state index is 0. The molecule has 1 aliphatic heterocycles. The SMILES string of the molecule is CN=C(NCC(C)CN1CCOCC1)NC(C)c1ccccc1Br.I. The lowest BCUT2D eigenvalue weighted by Crippen LogP contribution is -2.44. The zero-order valence-electron chi connectivity index (χ0n) is 15.3. The summed E-state index contributed by atoms with van der Waals surface area (Å²) in [7, 11) is 1.81. The second-order valence-electron chi connectivity index (χ2n) is 6.36. The lowest BCUT2D eigenvalue weighted by molar-refractivity contribution is 0.0320. The monoisotopic (exact) mass is 524 g/mol. The Morgan fingerprint density at radius 3 is 2.60 bits per heavy atom. The number of halogens is 2. The van der Waals surface area contributed by atoms with Crippen molar-refractivity contribution in [1.29, 1.82) is 0 Å². The van der Waals surface area contributed by atoms with Crippen LogP contribution >= 0.6 is 39.9 Å². The van der Waals surface area contributed by atoms with Crippen molar-refractivity contribution in [2.24, 2.45) is 10.9 Å². The van der Waals surface area contributed by atoms with Crippen LogP contribution in [0.2, 0.25) is 0 Å². The van der Waals surface area contributed by atoms with Crippen LogP contribution < -0.4 is 10.6 Å². The zero-order chi connectivity index (χ0) is 17.4. The molecule has 25 heavy (non-hydrogen) atoms. The van der Waals surface area contributed by atoms with Gasteiger partial charge in [0.15, 0.2) is 5.96 Å². The van der Waals surface area contributed by atoms with E-state index >= 15 is 0 Å². The maximum atomic E-state index is 5.40. The lowest BCUT2D eigenvalue weighted by Gasteiger charge is -2.29. The number of aliphatic imine (C=N–C) groups is 1. The van der Waals surface area contributed by atoms with Gasteiger partial charge in [-0.15, -0.1) is 24.0 Å². The summed E-state index contributed by atoms with van der Waals surface area (Å²) in [5.41, 5.74) is 1.22. The molecule has 1 saturated heterocycles. The van der Waals surface area contributed by atoms with E-state index < -0.39 is 0 Å². The fourth-order valence-electron chi connectivity index (χ4n) is 2.86. The number of hydrogen-bond acceptors (Lipinski definition) is 3. The molecule has 0 amide bonds. The number of morpholine rings is 1. The van der Waals surface area contributed by atoms with Crippen LogP contribution in [0.5, 0.6) is 0 Å². The third-order valence-electron chi connectivity index (χ3n) is 4.24. The first-order valence-electron chi connectivity index (χ1n) is 8.62. The molecule has 7 heteroatoms. The predicted molar refractivity (Wildman–Crippen MR) is 119 cm³/mol. The average Bonchev–Trinajstić information content (AvgIpc) is 2.59. The van der Waals surface area contributed by atoms with Gasteiger partial charge in [-0.3, -0.25) is 9.89 Å². The van der Waals surface area contributed by atoms with Gasteiger partial charge in [-0.1, -0.05) is 41.1 Å². The van der Waals surface area contributed by atoms with Crippen LogP contribution in [-0.2, 0) is 4.74 Å². The molecule has 0 aliphatic carbocycles. The Bertz CT molecular complexity index is 538. The third-order valence-corrected chi connectivity index (χ3v) is 4.96. The van der Waals surface area contributed by atoms with Crippen LogP contribution in [0.15, 0.2) is 33.7 Å². The Kier molecular flexibility index (Phi) is 11.0. The fourth-order valence-corrected chi connectivity index (χ4v) is 3.49. The molecule has 0 aromatic heterocycles. The van der Waals surface area contributed by atoms with E-state index in [2.05, 4.69) is 68.5 Å². The quantitative estimate of drug-likeness (QED) is 0.341. The van der Waals surface area contributed by atoms with E-state index in [4.69, 9.17) is 4.74 Å². The molecule has 1 aromatic carbocycles. The number of guanidine groups is 1. The highest BCUT2D eigenvalue weighted by molar-refractivity contribution is 14.0. The van der Waals surface area contributed by atoms with Gasteiger partial charge in [-0.05, 0) is 24.5 Å². The number of hydrogen-bond donors (Lipinski definition) is 2. The number of nitrogens with one attached hydrogen (secondary N) is 2. The maximum Gasteiger partial charge on any atom is 0.191 e. The van der Waals surface area contributed by atoms with E-state index in [0.717, 1.165) is 49.8 Å². The maximum absolute atomic E-state index is 5.40. The van der Waals surface area contributed by atoms with Gasteiger partial charge in [0.2, 0.25) is 0 Å². The molecule has 0 spiro atoms. The topological polar surface area (TPSA) is 48.9 Å². The van der Waals surface area contributed by atoms with Gasteiger partial charge in [-0.25, -0.2) is 0 Å². The summed E-state index contributed by atoms with van der Waals surface area (Å²) in [6.45, 7) is 10.2. The van der Waals surface area contributed by atoms with Gasteiger partial charge < -0.3 is 15.4 Å². The molecule has 1 aromatic rings. The van der Waals surface area contributed by atoms with E-state index in [1.165, 1.54) is 5.56 Å². The molecule has 1 fully saturated rings. The Morgan fingerprint density at radius 1 is 1.28 bits per heavy atom. The Hall–Kier alpha value is -0.380. The Balaban J connectivity index is 0.00000312. The third kappa shape index (κ3) is 7.80. The number of benzene rings is 1. The van der Waals surface area contributed by atoms with Gasteiger partial charge in [0.05, 0.1) is 19.3 Å². The molecule has 2 unspecified atom stereocenters. The number of nitrogens with zero attached hydrogens (tertiary/aromatic N) is 2. The van der Waals surface area contributed by atoms with E-state index in [1.54, 1.807) is 0 Å². The van der Waals surface area contributed by atoms with Crippen molar-refractivity contribution in [3.63, 3.8) is 0 Å². The summed E-state index contributed by atoms with van der Waals surface area (Å²) in [6.07, 6.45) is 0. The zero-order valence-corrected chi connectivity index (χ0v) is 19.2. The standard InChI is InChI=1S/C18H29BrN4O.HI/c1-14(13-23-8-10-24-11-9-23)12-21-18(20-3)22-15(2)16-6-4-5-7-17(16)19;/h4-7,14-15H,8-13H2,1-3H3,(H2,20,21,22);1H. The molecule has 0 saturated carbocycles. The molecule has 0 radical (unpaired) electrons. The van der Waals surface area contributed by atoms with E-state index in [1.807, 2.05) is 13.1 Å². The molecular formula is C18H30BrIN4O. The highest BCUT2D eigenvalue weighted by atomic mass is 127. The van der Waals surface area contributed by atoms with Crippen LogP contribution in [-0.4, -0.2) is 57.3 Å². The average molecular weight is 525 g/mol. The summed E-state index contributed by atoms with van der Waals surface area (Å²) in [5, 5.41) is 6.90. The molecule has 2 N–H and O–H groups in total. The molecule has 142 valence electrons. The second kappa shape index (κ2) is 12.1. The van der Waals surface area contributed by atoms with Crippen LogP contribution in [0.3, 0.4) is 0 Å². The number of ether oxygens (including phenoxy) is 1. The second-order valence-corrected chi connectivity index (χ2v) is 7.21. The predicted octanol–water partition coefficient (Wildman–Crippen LogP) is 3.26. The van der Waals surface area contributed by atoms with Crippen molar-refractivity contribution in [1.82, 2.24) is 15.5 Å². The van der Waals surface area contributed by atoms with Crippen LogP contribution in [0.1, 0.15) is 25.5 Å². The summed E-state index contributed by atoms with van der Waals surface area (Å²) in [4.78, 5) is 6.82. The van der Waals surface area contributed by atoms with Crippen molar-refractivity contribution in [3.05, 3.63) is 34.3 Å². The first kappa shape index (κ1) is 22.7. The normalized spacial score (nSPS) is 18.2. The molecule has 1 aliphatic rings. The minimum atomic E-state index is 0. The molecule has 2 atom stereocenters. The Morgan fingerprint density at radius 2 is 1.96 bits per heavy atom. The summed E-state index contributed by atoms with van der Waals surface area (Å²) in [6, 6.07) is 8.45. The highest BCUT2D eigenvalue weighted by Crippen LogP contribution is 2.22. The van der Waals surface area contributed by atoms with Crippen LogP contribution in [0, 0.1) is 5.92 Å². The van der Waals surface area contributed by atoms with Crippen molar-refractivity contribution in [2.75, 3.05) is 46.4 Å². The van der Waals surface area contributed by atoms with Gasteiger partial charge in [0.25, 0.3) is 0 Å². The van der Waals surface area contributed by atoms with E-state index in [0.29, 0.717) is 5.92 Å². The summed E-state index contributed by atoms with van der Waals surface area (Å²) in [5.74, 6) is 1.40. The van der Waals surface area contributed by atoms with Gasteiger partial charge in [0, 0.05) is 37.7 Å². The minimum Gasteiger partial charge on any atom is -0.379 e. The van der Waals surface area contributed by atoms with Crippen molar-refractivity contribution in [2.45, 2.75) is 19.9 Å². The molecule has 2 rings (SSSR count). The van der Waals surface area contributed by atoms with Crippen LogP contribution in [0.4, 0.5) is 0 Å². The largest absolute Gasteiger partial charge is 0.379 e.